The molecule has 0 saturated carbocycles. The Labute approximate surface area is 183 Å². The van der Waals surface area contributed by atoms with Crippen LogP contribution in [0.1, 0.15) is 42.1 Å². The van der Waals surface area contributed by atoms with Gasteiger partial charge in [-0.05, 0) is 41.0 Å². The number of carbonyl (C=O) groups excluding carboxylic acids is 2. The van der Waals surface area contributed by atoms with E-state index in [1.165, 1.54) is 19.1 Å². The van der Waals surface area contributed by atoms with Crippen molar-refractivity contribution in [3.05, 3.63) is 106 Å². The number of benzene rings is 3. The van der Waals surface area contributed by atoms with Gasteiger partial charge in [-0.15, -0.1) is 0 Å². The lowest BCUT2D eigenvalue weighted by Gasteiger charge is -2.23. The van der Waals surface area contributed by atoms with E-state index in [4.69, 9.17) is 0 Å². The molecule has 0 spiro atoms. The smallest absolute Gasteiger partial charge is 0.223 e. The van der Waals surface area contributed by atoms with Gasteiger partial charge in [0.1, 0.15) is 5.82 Å². The minimum absolute atomic E-state index is 0.0751. The molecule has 30 heavy (non-hydrogen) atoms. The quantitative estimate of drug-likeness (QED) is 0.508. The van der Waals surface area contributed by atoms with Crippen LogP contribution in [0.5, 0.6) is 0 Å². The standard InChI is InChI=1S/C24H22BrFN2O2/c1-16(29)27-22(17-7-11-20(25)12-8-17)15-23(30)28-24(18-5-3-2-4-6-18)19-9-13-21(26)14-10-19/h2-14,22,24H,15H2,1H3,(H,27,29)(H,28,30). The molecule has 2 atom stereocenters. The van der Waals surface area contributed by atoms with Gasteiger partial charge in [0.15, 0.2) is 0 Å². The molecule has 6 heteroatoms. The first-order valence-corrected chi connectivity index (χ1v) is 10.3. The average Bonchev–Trinajstić information content (AvgIpc) is 2.73. The number of amides is 2. The maximum Gasteiger partial charge on any atom is 0.223 e. The van der Waals surface area contributed by atoms with Crippen molar-refractivity contribution in [2.75, 3.05) is 0 Å². The van der Waals surface area contributed by atoms with Gasteiger partial charge in [-0.1, -0.05) is 70.5 Å². The summed E-state index contributed by atoms with van der Waals surface area (Å²) in [4.78, 5) is 24.6. The van der Waals surface area contributed by atoms with E-state index >= 15 is 0 Å². The maximum atomic E-state index is 13.4. The van der Waals surface area contributed by atoms with E-state index < -0.39 is 12.1 Å². The summed E-state index contributed by atoms with van der Waals surface area (Å²) in [5.41, 5.74) is 2.49. The van der Waals surface area contributed by atoms with Gasteiger partial charge in [-0.25, -0.2) is 4.39 Å². The van der Waals surface area contributed by atoms with Crippen LogP contribution in [0.25, 0.3) is 0 Å². The van der Waals surface area contributed by atoms with Crippen molar-refractivity contribution < 1.29 is 14.0 Å². The molecule has 0 aliphatic heterocycles. The van der Waals surface area contributed by atoms with Crippen LogP contribution in [0.3, 0.4) is 0 Å². The van der Waals surface area contributed by atoms with E-state index in [1.807, 2.05) is 54.6 Å². The third-order valence-electron chi connectivity index (χ3n) is 4.68. The maximum absolute atomic E-state index is 13.4. The Balaban J connectivity index is 1.82. The Morgan fingerprint density at radius 1 is 0.833 bits per heavy atom. The molecule has 0 aromatic heterocycles. The van der Waals surface area contributed by atoms with Gasteiger partial charge in [-0.3, -0.25) is 9.59 Å². The van der Waals surface area contributed by atoms with Crippen LogP contribution in [0.2, 0.25) is 0 Å². The van der Waals surface area contributed by atoms with Crippen LogP contribution in [0.4, 0.5) is 4.39 Å². The summed E-state index contributed by atoms with van der Waals surface area (Å²) in [6, 6.07) is 22.2. The van der Waals surface area contributed by atoms with Crippen molar-refractivity contribution in [3.8, 4) is 0 Å². The summed E-state index contributed by atoms with van der Waals surface area (Å²) >= 11 is 3.39. The summed E-state index contributed by atoms with van der Waals surface area (Å²) in [5.74, 6) is -0.776. The van der Waals surface area contributed by atoms with Crippen molar-refractivity contribution in [2.45, 2.75) is 25.4 Å². The highest BCUT2D eigenvalue weighted by Gasteiger charge is 2.21. The predicted octanol–water partition coefficient (Wildman–Crippen LogP) is 5.06. The van der Waals surface area contributed by atoms with Crippen molar-refractivity contribution >= 4 is 27.7 Å². The second-order valence-electron chi connectivity index (χ2n) is 6.97. The lowest BCUT2D eigenvalue weighted by Crippen LogP contribution is -2.34. The predicted molar refractivity (Wildman–Crippen MR) is 118 cm³/mol. The molecule has 0 saturated heterocycles. The highest BCUT2D eigenvalue weighted by atomic mass is 79.9. The zero-order valence-electron chi connectivity index (χ0n) is 16.4. The topological polar surface area (TPSA) is 58.2 Å². The molecule has 0 radical (unpaired) electrons. The lowest BCUT2D eigenvalue weighted by molar-refractivity contribution is -0.123. The number of rotatable bonds is 7. The highest BCUT2D eigenvalue weighted by molar-refractivity contribution is 9.10. The first kappa shape index (κ1) is 21.7. The van der Waals surface area contributed by atoms with Gasteiger partial charge in [0, 0.05) is 11.4 Å². The lowest BCUT2D eigenvalue weighted by atomic mass is 9.97. The van der Waals surface area contributed by atoms with Crippen LogP contribution in [-0.4, -0.2) is 11.8 Å². The Morgan fingerprint density at radius 2 is 1.40 bits per heavy atom. The molecule has 3 aromatic carbocycles. The van der Waals surface area contributed by atoms with Crippen LogP contribution in [0.15, 0.2) is 83.3 Å². The van der Waals surface area contributed by atoms with E-state index in [-0.39, 0.29) is 24.1 Å². The molecule has 0 fully saturated rings. The van der Waals surface area contributed by atoms with Crippen LogP contribution in [0, 0.1) is 5.82 Å². The van der Waals surface area contributed by atoms with Crippen LogP contribution < -0.4 is 10.6 Å². The van der Waals surface area contributed by atoms with Crippen LogP contribution >= 0.6 is 15.9 Å². The minimum Gasteiger partial charge on any atom is -0.349 e. The van der Waals surface area contributed by atoms with Gasteiger partial charge in [0.05, 0.1) is 18.5 Å². The molecule has 2 N–H and O–H groups in total. The van der Waals surface area contributed by atoms with Crippen molar-refractivity contribution in [1.82, 2.24) is 10.6 Å². The largest absolute Gasteiger partial charge is 0.349 e. The monoisotopic (exact) mass is 468 g/mol. The molecule has 2 unspecified atom stereocenters. The SMILES string of the molecule is CC(=O)NC(CC(=O)NC(c1ccccc1)c1ccc(F)cc1)c1ccc(Br)cc1. The first-order chi connectivity index (χ1) is 14.4. The van der Waals surface area contributed by atoms with Gasteiger partial charge in [-0.2, -0.15) is 0 Å². The zero-order valence-corrected chi connectivity index (χ0v) is 18.0. The number of hydrogen-bond donors (Lipinski definition) is 2. The fourth-order valence-electron chi connectivity index (χ4n) is 3.26. The average molecular weight is 469 g/mol. The van der Waals surface area contributed by atoms with Crippen molar-refractivity contribution in [1.29, 1.82) is 0 Å². The molecule has 154 valence electrons. The number of carbonyl (C=O) groups is 2. The molecular weight excluding hydrogens is 447 g/mol. The van der Waals surface area contributed by atoms with Crippen LogP contribution in [-0.2, 0) is 9.59 Å². The third kappa shape index (κ3) is 6.00. The van der Waals surface area contributed by atoms with Gasteiger partial charge < -0.3 is 10.6 Å². The Bertz CT molecular complexity index is 992. The first-order valence-electron chi connectivity index (χ1n) is 9.54. The number of nitrogens with one attached hydrogen (secondary N) is 2. The molecule has 0 aliphatic rings. The normalized spacial score (nSPS) is 12.6. The van der Waals surface area contributed by atoms with Gasteiger partial charge in [0.2, 0.25) is 11.8 Å². The Morgan fingerprint density at radius 3 is 2.00 bits per heavy atom. The summed E-state index contributed by atoms with van der Waals surface area (Å²) in [7, 11) is 0. The highest BCUT2D eigenvalue weighted by Crippen LogP contribution is 2.24. The summed E-state index contributed by atoms with van der Waals surface area (Å²) < 4.78 is 14.3. The fraction of sp³-hybridized carbons (Fsp3) is 0.167. The molecule has 0 bridgehead atoms. The molecule has 2 amide bonds. The van der Waals surface area contributed by atoms with E-state index in [0.717, 1.165) is 21.2 Å². The summed E-state index contributed by atoms with van der Waals surface area (Å²) in [5, 5.41) is 5.87. The summed E-state index contributed by atoms with van der Waals surface area (Å²) in [6.07, 6.45) is 0.0751. The van der Waals surface area contributed by atoms with Gasteiger partial charge in [0.25, 0.3) is 0 Å². The summed E-state index contributed by atoms with van der Waals surface area (Å²) in [6.45, 7) is 1.43. The number of halogens is 2. The second-order valence-corrected chi connectivity index (χ2v) is 7.89. The van der Waals surface area contributed by atoms with E-state index in [9.17, 15) is 14.0 Å². The molecular formula is C24H22BrFN2O2. The van der Waals surface area contributed by atoms with Crippen molar-refractivity contribution in [3.63, 3.8) is 0 Å². The second kappa shape index (κ2) is 10.2. The van der Waals surface area contributed by atoms with Crippen molar-refractivity contribution in [2.24, 2.45) is 0 Å². The zero-order chi connectivity index (χ0) is 21.5. The van der Waals surface area contributed by atoms with E-state index in [0.29, 0.717) is 0 Å². The molecule has 3 aromatic rings. The number of hydrogen-bond acceptors (Lipinski definition) is 2. The fourth-order valence-corrected chi connectivity index (χ4v) is 3.52. The van der Waals surface area contributed by atoms with E-state index in [2.05, 4.69) is 26.6 Å². The van der Waals surface area contributed by atoms with E-state index in [1.54, 1.807) is 12.1 Å². The Kier molecular flexibility index (Phi) is 7.36. The molecule has 0 heterocycles. The Hall–Kier alpha value is -2.99. The molecule has 3 rings (SSSR count). The third-order valence-corrected chi connectivity index (χ3v) is 5.21. The van der Waals surface area contributed by atoms with Gasteiger partial charge >= 0.3 is 0 Å². The molecule has 4 nitrogen and oxygen atoms in total. The minimum atomic E-state index is -0.458. The molecule has 0 aliphatic carbocycles.